The molecule has 0 saturated carbocycles. The first-order chi connectivity index (χ1) is 13.0. The molecule has 0 aliphatic rings. The molecule has 3 rings (SSSR count). The molecule has 0 aliphatic heterocycles. The molecule has 0 radical (unpaired) electrons. The Morgan fingerprint density at radius 3 is 2.81 bits per heavy atom. The number of halogens is 1. The fourth-order valence-electron chi connectivity index (χ4n) is 2.13. The van der Waals surface area contributed by atoms with E-state index in [1.165, 1.54) is 24.3 Å². The van der Waals surface area contributed by atoms with Crippen molar-refractivity contribution in [2.24, 2.45) is 0 Å². The molecule has 0 atom stereocenters. The number of thioether (sulfide) groups is 1. The summed E-state index contributed by atoms with van der Waals surface area (Å²) in [5.74, 6) is -0.534. The highest BCUT2D eigenvalue weighted by Crippen LogP contribution is 2.31. The zero-order valence-electron chi connectivity index (χ0n) is 14.3. The average molecular weight is 422 g/mol. The Morgan fingerprint density at radius 1 is 1.22 bits per heavy atom. The van der Waals surface area contributed by atoms with E-state index in [0.717, 1.165) is 27.2 Å². The Morgan fingerprint density at radius 2 is 2.04 bits per heavy atom. The quantitative estimate of drug-likeness (QED) is 0.556. The normalized spacial score (nSPS) is 10.6. The third kappa shape index (κ3) is 5.62. The van der Waals surface area contributed by atoms with Crippen LogP contribution in [-0.2, 0) is 16.1 Å². The van der Waals surface area contributed by atoms with Crippen LogP contribution in [0.15, 0.2) is 46.7 Å². The summed E-state index contributed by atoms with van der Waals surface area (Å²) in [5, 5.41) is 7.87. The van der Waals surface area contributed by atoms with Gasteiger partial charge in [0.2, 0.25) is 11.8 Å². The molecule has 0 aliphatic carbocycles. The summed E-state index contributed by atoms with van der Waals surface area (Å²) in [7, 11) is 0. The lowest BCUT2D eigenvalue weighted by atomic mass is 10.3. The number of nitrogens with one attached hydrogen (secondary N) is 2. The van der Waals surface area contributed by atoms with E-state index >= 15 is 0 Å². The topological polar surface area (TPSA) is 71.1 Å². The van der Waals surface area contributed by atoms with Gasteiger partial charge in [-0.1, -0.05) is 12.1 Å². The molecule has 0 spiro atoms. The molecule has 0 fully saturated rings. The highest BCUT2D eigenvalue weighted by Gasteiger charge is 2.11. The second-order valence-corrected chi connectivity index (χ2v) is 8.52. The molecule has 9 heteroatoms. The molecule has 0 saturated heterocycles. The van der Waals surface area contributed by atoms with Gasteiger partial charge in [0.15, 0.2) is 5.13 Å². The number of rotatable bonds is 7. The maximum Gasteiger partial charge on any atom is 0.236 e. The molecule has 2 amide bonds. The van der Waals surface area contributed by atoms with E-state index in [4.69, 9.17) is 0 Å². The molecular formula is C18H16FN3O2S3. The van der Waals surface area contributed by atoms with Gasteiger partial charge in [-0.15, -0.1) is 34.4 Å². The van der Waals surface area contributed by atoms with Crippen molar-refractivity contribution in [3.8, 4) is 10.6 Å². The van der Waals surface area contributed by atoms with E-state index in [-0.39, 0.29) is 23.4 Å². The minimum atomic E-state index is -0.334. The van der Waals surface area contributed by atoms with E-state index in [1.807, 2.05) is 17.5 Å². The van der Waals surface area contributed by atoms with Crippen LogP contribution in [0.5, 0.6) is 0 Å². The van der Waals surface area contributed by atoms with Gasteiger partial charge in [-0.25, -0.2) is 9.37 Å². The van der Waals surface area contributed by atoms with Gasteiger partial charge >= 0.3 is 0 Å². The molecular weight excluding hydrogens is 405 g/mol. The van der Waals surface area contributed by atoms with Gasteiger partial charge in [0.05, 0.1) is 22.9 Å². The number of carbonyl (C=O) groups is 2. The van der Waals surface area contributed by atoms with Crippen molar-refractivity contribution in [3.63, 3.8) is 0 Å². The van der Waals surface area contributed by atoms with Crippen LogP contribution in [0.3, 0.4) is 0 Å². The Bertz CT molecular complexity index is 955. The minimum Gasteiger partial charge on any atom is -0.351 e. The summed E-state index contributed by atoms with van der Waals surface area (Å²) in [6, 6.07) is 10.2. The molecule has 0 bridgehead atoms. The summed E-state index contributed by atoms with van der Waals surface area (Å²) in [6.07, 6.45) is 0. The van der Waals surface area contributed by atoms with Crippen molar-refractivity contribution in [2.45, 2.75) is 18.4 Å². The third-order valence-electron chi connectivity index (χ3n) is 3.37. The number of nitrogens with zero attached hydrogens (tertiary/aromatic N) is 1. The fraction of sp³-hybridized carbons (Fsp3) is 0.167. The van der Waals surface area contributed by atoms with Crippen LogP contribution in [0.1, 0.15) is 11.8 Å². The van der Waals surface area contributed by atoms with Gasteiger partial charge in [0, 0.05) is 22.1 Å². The number of amides is 2. The van der Waals surface area contributed by atoms with Crippen molar-refractivity contribution >= 4 is 51.4 Å². The van der Waals surface area contributed by atoms with Crippen LogP contribution in [-0.4, -0.2) is 22.6 Å². The molecule has 2 N–H and O–H groups in total. The highest BCUT2D eigenvalue weighted by atomic mass is 32.2. The molecule has 27 heavy (non-hydrogen) atoms. The highest BCUT2D eigenvalue weighted by molar-refractivity contribution is 8.00. The van der Waals surface area contributed by atoms with Crippen molar-refractivity contribution < 1.29 is 14.0 Å². The van der Waals surface area contributed by atoms with Crippen LogP contribution in [0.2, 0.25) is 0 Å². The monoisotopic (exact) mass is 421 g/mol. The molecule has 2 aromatic heterocycles. The lowest BCUT2D eigenvalue weighted by molar-refractivity contribution is -0.119. The predicted molar refractivity (Wildman–Crippen MR) is 109 cm³/mol. The summed E-state index contributed by atoms with van der Waals surface area (Å²) in [5.41, 5.74) is 0.774. The zero-order valence-corrected chi connectivity index (χ0v) is 16.8. The first kappa shape index (κ1) is 19.5. The number of carbonyl (C=O) groups excluding carboxylic acids is 2. The standard InChI is InChI=1S/C18H16FN3O2S3/c1-11(23)20-8-12-6-7-16(27-12)14-9-26-18(21-14)22-17(24)10-25-15-5-3-2-4-13(15)19/h2-7,9H,8,10H2,1H3,(H,20,23)(H,21,22,24). The summed E-state index contributed by atoms with van der Waals surface area (Å²) < 4.78 is 13.6. The third-order valence-corrected chi connectivity index (χ3v) is 6.29. The van der Waals surface area contributed by atoms with E-state index in [9.17, 15) is 14.0 Å². The van der Waals surface area contributed by atoms with Gasteiger partial charge in [-0.3, -0.25) is 9.59 Å². The number of thiazole rings is 1. The first-order valence-electron chi connectivity index (χ1n) is 7.97. The van der Waals surface area contributed by atoms with Crippen molar-refractivity contribution in [1.82, 2.24) is 10.3 Å². The molecule has 1 aromatic carbocycles. The zero-order chi connectivity index (χ0) is 19.2. The summed E-state index contributed by atoms with van der Waals surface area (Å²) in [4.78, 5) is 29.9. The maximum atomic E-state index is 13.6. The molecule has 3 aromatic rings. The first-order valence-corrected chi connectivity index (χ1v) is 10.7. The largest absolute Gasteiger partial charge is 0.351 e. The number of hydrogen-bond donors (Lipinski definition) is 2. The predicted octanol–water partition coefficient (Wildman–Crippen LogP) is 4.38. The lowest BCUT2D eigenvalue weighted by Crippen LogP contribution is -2.17. The summed E-state index contributed by atoms with van der Waals surface area (Å²) in [6.45, 7) is 1.97. The second kappa shape index (κ2) is 9.12. The molecule has 5 nitrogen and oxygen atoms in total. The van der Waals surface area contributed by atoms with Crippen LogP contribution < -0.4 is 10.6 Å². The Balaban J connectivity index is 1.55. The van der Waals surface area contributed by atoms with E-state index < -0.39 is 0 Å². The minimum absolute atomic E-state index is 0.0724. The van der Waals surface area contributed by atoms with Gasteiger partial charge in [0.1, 0.15) is 5.82 Å². The van der Waals surface area contributed by atoms with Crippen molar-refractivity contribution in [3.05, 3.63) is 52.5 Å². The SMILES string of the molecule is CC(=O)NCc1ccc(-c2csc(NC(=O)CSc3ccccc3F)n2)s1. The van der Waals surface area contributed by atoms with E-state index in [0.29, 0.717) is 16.6 Å². The molecule has 140 valence electrons. The van der Waals surface area contributed by atoms with Crippen LogP contribution in [0.25, 0.3) is 10.6 Å². The van der Waals surface area contributed by atoms with Gasteiger partial charge < -0.3 is 10.6 Å². The maximum absolute atomic E-state index is 13.6. The van der Waals surface area contributed by atoms with Crippen molar-refractivity contribution in [2.75, 3.05) is 11.1 Å². The molecule has 2 heterocycles. The number of aromatic nitrogens is 1. The fourth-order valence-corrected chi connectivity index (χ4v) is 4.58. The Kier molecular flexibility index (Phi) is 6.59. The van der Waals surface area contributed by atoms with Crippen molar-refractivity contribution in [1.29, 1.82) is 0 Å². The van der Waals surface area contributed by atoms with Gasteiger partial charge in [-0.05, 0) is 24.3 Å². The Labute approximate surface area is 168 Å². The number of hydrogen-bond acceptors (Lipinski definition) is 6. The van der Waals surface area contributed by atoms with E-state index in [2.05, 4.69) is 15.6 Å². The van der Waals surface area contributed by atoms with Crippen LogP contribution in [0, 0.1) is 5.82 Å². The van der Waals surface area contributed by atoms with Gasteiger partial charge in [0.25, 0.3) is 0 Å². The smallest absolute Gasteiger partial charge is 0.236 e. The number of thiophene rings is 1. The van der Waals surface area contributed by atoms with Crippen LogP contribution >= 0.6 is 34.4 Å². The van der Waals surface area contributed by atoms with Crippen LogP contribution in [0.4, 0.5) is 9.52 Å². The number of anilines is 1. The average Bonchev–Trinajstić information content (AvgIpc) is 3.28. The second-order valence-electron chi connectivity index (χ2n) is 5.48. The lowest BCUT2D eigenvalue weighted by Gasteiger charge is -2.03. The van der Waals surface area contributed by atoms with Gasteiger partial charge in [-0.2, -0.15) is 0 Å². The number of benzene rings is 1. The molecule has 0 unspecified atom stereocenters. The van der Waals surface area contributed by atoms with E-state index in [1.54, 1.807) is 29.5 Å². The summed E-state index contributed by atoms with van der Waals surface area (Å²) >= 11 is 4.02. The Hall–Kier alpha value is -2.23.